The van der Waals surface area contributed by atoms with Crippen LogP contribution in [0.4, 0.5) is 4.39 Å². The van der Waals surface area contributed by atoms with E-state index < -0.39 is 11.7 Å². The van der Waals surface area contributed by atoms with Crippen molar-refractivity contribution in [2.24, 2.45) is 5.10 Å². The molecule has 0 aliphatic heterocycles. The van der Waals surface area contributed by atoms with Crippen LogP contribution in [0, 0.1) is 17.1 Å². The molecule has 7 heteroatoms. The van der Waals surface area contributed by atoms with Gasteiger partial charge in [0.25, 0.3) is 5.91 Å². The van der Waals surface area contributed by atoms with Gasteiger partial charge < -0.3 is 9.47 Å². The van der Waals surface area contributed by atoms with Crippen LogP contribution in [0.5, 0.6) is 11.5 Å². The van der Waals surface area contributed by atoms with Gasteiger partial charge in [-0.05, 0) is 47.5 Å². The number of amides is 1. The average Bonchev–Trinajstić information content (AvgIpc) is 2.78. The SMILES string of the molecule is COc1cc(/C=N/NC(=O)c2ccc(C#N)cc2F)ccc1OCc1ccccc1. The number of nitrogens with zero attached hydrogens (tertiary/aromatic N) is 2. The van der Waals surface area contributed by atoms with Gasteiger partial charge in [0.15, 0.2) is 11.5 Å². The van der Waals surface area contributed by atoms with Crippen LogP contribution in [0.1, 0.15) is 27.0 Å². The molecular formula is C23H18FN3O3. The quantitative estimate of drug-likeness (QED) is 0.477. The highest BCUT2D eigenvalue weighted by Gasteiger charge is 2.11. The molecule has 0 heterocycles. The van der Waals surface area contributed by atoms with Crippen LogP contribution in [0.15, 0.2) is 71.8 Å². The second-order valence-corrected chi connectivity index (χ2v) is 6.19. The number of benzene rings is 3. The number of nitriles is 1. The van der Waals surface area contributed by atoms with Crippen LogP contribution in [0.3, 0.4) is 0 Å². The van der Waals surface area contributed by atoms with Gasteiger partial charge in [0.1, 0.15) is 12.4 Å². The molecule has 0 bridgehead atoms. The number of methoxy groups -OCH3 is 1. The first kappa shape index (κ1) is 20.6. The van der Waals surface area contributed by atoms with Crippen LogP contribution >= 0.6 is 0 Å². The van der Waals surface area contributed by atoms with Gasteiger partial charge in [-0.2, -0.15) is 10.4 Å². The van der Waals surface area contributed by atoms with Crippen LogP contribution in [0.25, 0.3) is 0 Å². The predicted molar refractivity (Wildman–Crippen MR) is 110 cm³/mol. The third-order valence-corrected chi connectivity index (χ3v) is 4.15. The number of hydrogen-bond acceptors (Lipinski definition) is 5. The molecule has 1 amide bonds. The van der Waals surface area contributed by atoms with E-state index in [0.717, 1.165) is 11.6 Å². The largest absolute Gasteiger partial charge is 0.493 e. The van der Waals surface area contributed by atoms with E-state index >= 15 is 0 Å². The van der Waals surface area contributed by atoms with Crippen LogP contribution < -0.4 is 14.9 Å². The van der Waals surface area contributed by atoms with E-state index in [1.807, 2.05) is 36.4 Å². The van der Waals surface area contributed by atoms with Crippen LogP contribution in [-0.4, -0.2) is 19.2 Å². The number of carbonyl (C=O) groups excluding carboxylic acids is 1. The van der Waals surface area contributed by atoms with Crippen molar-refractivity contribution in [2.45, 2.75) is 6.61 Å². The van der Waals surface area contributed by atoms with Gasteiger partial charge >= 0.3 is 0 Å². The first-order valence-corrected chi connectivity index (χ1v) is 8.98. The predicted octanol–water partition coefficient (Wildman–Crippen LogP) is 4.05. The topological polar surface area (TPSA) is 83.7 Å². The monoisotopic (exact) mass is 403 g/mol. The molecule has 3 aromatic rings. The van der Waals surface area contributed by atoms with Gasteiger partial charge in [-0.15, -0.1) is 0 Å². The Kier molecular flexibility index (Phi) is 6.74. The summed E-state index contributed by atoms with van der Waals surface area (Å²) in [5.41, 5.74) is 3.88. The van der Waals surface area contributed by atoms with Gasteiger partial charge in [-0.25, -0.2) is 9.82 Å². The highest BCUT2D eigenvalue weighted by molar-refractivity contribution is 5.95. The first-order valence-electron chi connectivity index (χ1n) is 8.98. The van der Waals surface area contributed by atoms with Crippen molar-refractivity contribution < 1.29 is 18.7 Å². The van der Waals surface area contributed by atoms with E-state index in [0.29, 0.717) is 23.7 Å². The number of hydrogen-bond donors (Lipinski definition) is 1. The maximum absolute atomic E-state index is 13.9. The molecule has 150 valence electrons. The molecule has 3 rings (SSSR count). The maximum Gasteiger partial charge on any atom is 0.274 e. The standard InChI is InChI=1S/C23H18FN3O3/c1-29-22-12-18(8-10-21(22)30-15-16-5-3-2-4-6-16)14-26-27-23(28)19-9-7-17(13-25)11-20(19)24/h2-12,14H,15H2,1H3,(H,27,28)/b26-14+. The van der Waals surface area contributed by atoms with Gasteiger partial charge in [0.2, 0.25) is 0 Å². The summed E-state index contributed by atoms with van der Waals surface area (Å²) in [6.45, 7) is 0.400. The van der Waals surface area contributed by atoms with Crippen molar-refractivity contribution in [2.75, 3.05) is 7.11 Å². The smallest absolute Gasteiger partial charge is 0.274 e. The molecule has 0 saturated heterocycles. The summed E-state index contributed by atoms with van der Waals surface area (Å²) in [6.07, 6.45) is 1.41. The van der Waals surface area contributed by atoms with Crippen molar-refractivity contribution in [3.8, 4) is 17.6 Å². The Balaban J connectivity index is 1.64. The number of hydrazone groups is 1. The summed E-state index contributed by atoms with van der Waals surface area (Å²) >= 11 is 0. The van der Waals surface area contributed by atoms with Gasteiger partial charge in [-0.3, -0.25) is 4.79 Å². The van der Waals surface area contributed by atoms with Crippen molar-refractivity contribution >= 4 is 12.1 Å². The number of ether oxygens (including phenoxy) is 2. The van der Waals surface area contributed by atoms with Crippen LogP contribution in [-0.2, 0) is 6.61 Å². The fourth-order valence-electron chi connectivity index (χ4n) is 2.61. The molecule has 0 spiro atoms. The van der Waals surface area contributed by atoms with Crippen molar-refractivity contribution in [1.82, 2.24) is 5.43 Å². The third kappa shape index (κ3) is 5.20. The lowest BCUT2D eigenvalue weighted by Gasteiger charge is -2.11. The number of carbonyl (C=O) groups is 1. The van der Waals surface area contributed by atoms with Crippen LogP contribution in [0.2, 0.25) is 0 Å². The summed E-state index contributed by atoms with van der Waals surface area (Å²) in [7, 11) is 1.53. The Morgan fingerprint density at radius 3 is 2.63 bits per heavy atom. The Hall–Kier alpha value is -4.18. The number of nitrogens with one attached hydrogen (secondary N) is 1. The number of halogens is 1. The van der Waals surface area contributed by atoms with Gasteiger partial charge in [0.05, 0.1) is 30.5 Å². The Bertz CT molecular complexity index is 1110. The lowest BCUT2D eigenvalue weighted by atomic mass is 10.1. The van der Waals surface area contributed by atoms with E-state index in [-0.39, 0.29) is 11.1 Å². The lowest BCUT2D eigenvalue weighted by molar-refractivity contribution is 0.0951. The fourth-order valence-corrected chi connectivity index (χ4v) is 2.61. The molecule has 0 aromatic heterocycles. The van der Waals surface area contributed by atoms with E-state index in [2.05, 4.69) is 10.5 Å². The fraction of sp³-hybridized carbons (Fsp3) is 0.0870. The zero-order chi connectivity index (χ0) is 21.3. The van der Waals surface area contributed by atoms with Gasteiger partial charge in [0, 0.05) is 0 Å². The summed E-state index contributed by atoms with van der Waals surface area (Å²) in [6, 6.07) is 20.3. The molecule has 6 nitrogen and oxygen atoms in total. The zero-order valence-corrected chi connectivity index (χ0v) is 16.1. The summed E-state index contributed by atoms with van der Waals surface area (Å²) in [4.78, 5) is 12.1. The Morgan fingerprint density at radius 2 is 1.93 bits per heavy atom. The molecule has 0 aliphatic rings. The second-order valence-electron chi connectivity index (χ2n) is 6.19. The summed E-state index contributed by atoms with van der Waals surface area (Å²) in [5.74, 6) is -0.423. The van der Waals surface area contributed by atoms with E-state index in [9.17, 15) is 9.18 Å². The normalized spacial score (nSPS) is 10.4. The summed E-state index contributed by atoms with van der Waals surface area (Å²) < 4.78 is 25.0. The third-order valence-electron chi connectivity index (χ3n) is 4.15. The number of rotatable bonds is 7. The highest BCUT2D eigenvalue weighted by Crippen LogP contribution is 2.28. The molecule has 0 radical (unpaired) electrons. The van der Waals surface area contributed by atoms with E-state index in [1.165, 1.54) is 25.5 Å². The minimum Gasteiger partial charge on any atom is -0.493 e. The van der Waals surface area contributed by atoms with E-state index in [4.69, 9.17) is 14.7 Å². The molecule has 0 saturated carbocycles. The molecule has 0 fully saturated rings. The maximum atomic E-state index is 13.9. The Morgan fingerprint density at radius 1 is 1.13 bits per heavy atom. The highest BCUT2D eigenvalue weighted by atomic mass is 19.1. The molecule has 0 atom stereocenters. The molecular weight excluding hydrogens is 385 g/mol. The minimum atomic E-state index is -0.789. The molecule has 1 N–H and O–H groups in total. The van der Waals surface area contributed by atoms with Gasteiger partial charge in [-0.1, -0.05) is 30.3 Å². The second kappa shape index (κ2) is 9.85. The lowest BCUT2D eigenvalue weighted by Crippen LogP contribution is -2.19. The summed E-state index contributed by atoms with van der Waals surface area (Å²) in [5, 5.41) is 12.6. The van der Waals surface area contributed by atoms with Crippen molar-refractivity contribution in [1.29, 1.82) is 5.26 Å². The first-order chi connectivity index (χ1) is 14.6. The minimum absolute atomic E-state index is 0.134. The van der Waals surface area contributed by atoms with E-state index in [1.54, 1.807) is 18.2 Å². The zero-order valence-electron chi connectivity index (χ0n) is 16.1. The molecule has 30 heavy (non-hydrogen) atoms. The average molecular weight is 403 g/mol. The van der Waals surface area contributed by atoms with Crippen molar-refractivity contribution in [3.05, 3.63) is 94.8 Å². The molecule has 3 aromatic carbocycles. The van der Waals surface area contributed by atoms with Crippen molar-refractivity contribution in [3.63, 3.8) is 0 Å². The molecule has 0 unspecified atom stereocenters. The Labute approximate surface area is 173 Å². The molecule has 0 aliphatic carbocycles.